The maximum Gasteiger partial charge on any atom is 0.145 e. The van der Waals surface area contributed by atoms with Crippen molar-refractivity contribution in [1.82, 2.24) is 9.97 Å². The van der Waals surface area contributed by atoms with Crippen LogP contribution in [-0.2, 0) is 6.54 Å². The molecule has 2 aromatic heterocycles. The molecule has 0 unspecified atom stereocenters. The number of hydrogen-bond donors (Lipinski definition) is 2. The molecule has 0 aliphatic heterocycles. The molecule has 7 heteroatoms. The van der Waals surface area contributed by atoms with Crippen LogP contribution in [0.5, 0.6) is 0 Å². The zero-order valence-corrected chi connectivity index (χ0v) is 13.5. The molecule has 3 N–H and O–H groups in total. The van der Waals surface area contributed by atoms with Crippen molar-refractivity contribution in [3.05, 3.63) is 32.7 Å². The van der Waals surface area contributed by atoms with Gasteiger partial charge < -0.3 is 10.3 Å². The van der Waals surface area contributed by atoms with Crippen LogP contribution < -0.4 is 16.2 Å². The summed E-state index contributed by atoms with van der Waals surface area (Å²) < 4.78 is 1.12. The van der Waals surface area contributed by atoms with Crippen LogP contribution in [0.2, 0.25) is 0 Å². The zero-order valence-electron chi connectivity index (χ0n) is 11.1. The van der Waals surface area contributed by atoms with Crippen LogP contribution in [0.4, 0.5) is 11.6 Å². The van der Waals surface area contributed by atoms with Gasteiger partial charge in [-0.15, -0.1) is 11.3 Å². The molecule has 1 fully saturated rings. The Morgan fingerprint density at radius 2 is 2.25 bits per heavy atom. The molecule has 0 amide bonds. The van der Waals surface area contributed by atoms with Crippen LogP contribution in [0.3, 0.4) is 0 Å². The SMILES string of the molecule is CN(Cc1cc(Br)cs1)c1cc(NN)nc(C2CC2)n1. The minimum Gasteiger partial charge on any atom is -0.354 e. The number of nitrogens with two attached hydrogens (primary N) is 1. The van der Waals surface area contributed by atoms with Crippen LogP contribution >= 0.6 is 27.3 Å². The lowest BCUT2D eigenvalue weighted by atomic mass is 10.3. The number of nitrogen functional groups attached to an aromatic ring is 1. The molecule has 1 aliphatic carbocycles. The predicted octanol–water partition coefficient (Wildman–Crippen LogP) is 3.10. The highest BCUT2D eigenvalue weighted by Gasteiger charge is 2.27. The molecule has 0 radical (unpaired) electrons. The Morgan fingerprint density at radius 3 is 2.85 bits per heavy atom. The number of hydrazine groups is 1. The number of rotatable bonds is 5. The maximum atomic E-state index is 5.50. The summed E-state index contributed by atoms with van der Waals surface area (Å²) in [6, 6.07) is 4.01. The number of thiophene rings is 1. The summed E-state index contributed by atoms with van der Waals surface area (Å²) >= 11 is 5.21. The lowest BCUT2D eigenvalue weighted by molar-refractivity contribution is 0.861. The molecular formula is C13H16BrN5S. The Kier molecular flexibility index (Phi) is 3.91. The molecule has 106 valence electrons. The van der Waals surface area contributed by atoms with E-state index in [4.69, 9.17) is 5.84 Å². The first kappa shape index (κ1) is 13.8. The molecule has 2 aromatic rings. The standard InChI is InChI=1S/C13H16BrN5S/c1-19(6-10-4-9(14)7-20-10)12-5-11(18-15)16-13(17-12)8-2-3-8/h4-5,7-8H,2-3,6,15H2,1H3,(H,16,17,18). The second-order valence-corrected chi connectivity index (χ2v) is 6.89. The largest absolute Gasteiger partial charge is 0.354 e. The van der Waals surface area contributed by atoms with Crippen LogP contribution in [-0.4, -0.2) is 17.0 Å². The van der Waals surface area contributed by atoms with E-state index in [9.17, 15) is 0 Å². The molecule has 0 aromatic carbocycles. The van der Waals surface area contributed by atoms with Gasteiger partial charge in [0.05, 0.1) is 6.54 Å². The molecule has 0 atom stereocenters. The van der Waals surface area contributed by atoms with E-state index in [1.165, 1.54) is 17.7 Å². The van der Waals surface area contributed by atoms with Crippen molar-refractivity contribution in [3.8, 4) is 0 Å². The summed E-state index contributed by atoms with van der Waals surface area (Å²) in [5.74, 6) is 8.48. The van der Waals surface area contributed by atoms with Crippen molar-refractivity contribution >= 4 is 38.9 Å². The fraction of sp³-hybridized carbons (Fsp3) is 0.385. The van der Waals surface area contributed by atoms with Crippen molar-refractivity contribution < 1.29 is 0 Å². The van der Waals surface area contributed by atoms with Crippen LogP contribution in [0.1, 0.15) is 29.5 Å². The summed E-state index contributed by atoms with van der Waals surface area (Å²) in [5, 5.41) is 2.09. The monoisotopic (exact) mass is 353 g/mol. The summed E-state index contributed by atoms with van der Waals surface area (Å²) in [6.07, 6.45) is 2.35. The minimum atomic E-state index is 0.506. The Balaban J connectivity index is 1.82. The summed E-state index contributed by atoms with van der Waals surface area (Å²) in [5.41, 5.74) is 2.63. The highest BCUT2D eigenvalue weighted by molar-refractivity contribution is 9.10. The van der Waals surface area contributed by atoms with Gasteiger partial charge in [-0.3, -0.25) is 0 Å². The fourth-order valence-electron chi connectivity index (χ4n) is 2.00. The minimum absolute atomic E-state index is 0.506. The van der Waals surface area contributed by atoms with Crippen molar-refractivity contribution in [2.45, 2.75) is 25.3 Å². The third-order valence-electron chi connectivity index (χ3n) is 3.23. The van der Waals surface area contributed by atoms with Crippen LogP contribution in [0.15, 0.2) is 22.0 Å². The van der Waals surface area contributed by atoms with Gasteiger partial charge >= 0.3 is 0 Å². The van der Waals surface area contributed by atoms with E-state index in [1.807, 2.05) is 13.1 Å². The van der Waals surface area contributed by atoms with Crippen LogP contribution in [0.25, 0.3) is 0 Å². The van der Waals surface area contributed by atoms with Gasteiger partial charge in [0.2, 0.25) is 0 Å². The van der Waals surface area contributed by atoms with Crippen molar-refractivity contribution in [2.75, 3.05) is 17.4 Å². The molecule has 1 saturated carbocycles. The van der Waals surface area contributed by atoms with Gasteiger partial charge in [-0.05, 0) is 34.8 Å². The van der Waals surface area contributed by atoms with E-state index >= 15 is 0 Å². The molecule has 0 saturated heterocycles. The topological polar surface area (TPSA) is 67.1 Å². The predicted molar refractivity (Wildman–Crippen MR) is 85.9 cm³/mol. The van der Waals surface area contributed by atoms with E-state index in [2.05, 4.69) is 47.7 Å². The molecule has 0 bridgehead atoms. The average molecular weight is 354 g/mol. The smallest absolute Gasteiger partial charge is 0.145 e. The second kappa shape index (κ2) is 5.67. The van der Waals surface area contributed by atoms with Crippen molar-refractivity contribution in [3.63, 3.8) is 0 Å². The number of nitrogens with one attached hydrogen (secondary N) is 1. The third-order valence-corrected chi connectivity index (χ3v) is 4.91. The molecule has 0 spiro atoms. The number of nitrogens with zero attached hydrogens (tertiary/aromatic N) is 3. The molecule has 3 rings (SSSR count). The Bertz CT molecular complexity index is 611. The summed E-state index contributed by atoms with van der Waals surface area (Å²) in [6.45, 7) is 0.821. The first-order chi connectivity index (χ1) is 9.65. The van der Waals surface area contributed by atoms with Crippen molar-refractivity contribution in [1.29, 1.82) is 0 Å². The van der Waals surface area contributed by atoms with E-state index in [0.717, 1.165) is 22.7 Å². The lowest BCUT2D eigenvalue weighted by Gasteiger charge is -2.18. The number of halogens is 1. The first-order valence-corrected chi connectivity index (χ1v) is 8.12. The Labute approximate surface area is 130 Å². The number of hydrogen-bond acceptors (Lipinski definition) is 6. The molecule has 5 nitrogen and oxygen atoms in total. The third kappa shape index (κ3) is 3.11. The quantitative estimate of drug-likeness (QED) is 0.638. The normalized spacial score (nSPS) is 14.3. The van der Waals surface area contributed by atoms with E-state index in [0.29, 0.717) is 11.7 Å². The molecule has 20 heavy (non-hydrogen) atoms. The highest BCUT2D eigenvalue weighted by Crippen LogP contribution is 2.39. The van der Waals surface area contributed by atoms with Gasteiger partial charge in [0.15, 0.2) is 0 Å². The molecular weight excluding hydrogens is 338 g/mol. The fourth-order valence-corrected chi connectivity index (χ4v) is 3.50. The number of anilines is 2. The van der Waals surface area contributed by atoms with Crippen LogP contribution in [0, 0.1) is 0 Å². The Morgan fingerprint density at radius 1 is 1.45 bits per heavy atom. The number of aromatic nitrogens is 2. The van der Waals surface area contributed by atoms with Gasteiger partial charge in [-0.2, -0.15) is 0 Å². The lowest BCUT2D eigenvalue weighted by Crippen LogP contribution is -2.19. The highest BCUT2D eigenvalue weighted by atomic mass is 79.9. The summed E-state index contributed by atoms with van der Waals surface area (Å²) in [7, 11) is 2.03. The molecule has 2 heterocycles. The average Bonchev–Trinajstić information content (AvgIpc) is 3.22. The van der Waals surface area contributed by atoms with Gasteiger partial charge in [-0.25, -0.2) is 15.8 Å². The summed E-state index contributed by atoms with van der Waals surface area (Å²) in [4.78, 5) is 12.5. The first-order valence-electron chi connectivity index (χ1n) is 6.45. The maximum absolute atomic E-state index is 5.50. The molecule has 1 aliphatic rings. The van der Waals surface area contributed by atoms with E-state index < -0.39 is 0 Å². The zero-order chi connectivity index (χ0) is 14.1. The second-order valence-electron chi connectivity index (χ2n) is 4.98. The van der Waals surface area contributed by atoms with Gasteiger partial charge in [-0.1, -0.05) is 0 Å². The van der Waals surface area contributed by atoms with Gasteiger partial charge in [0, 0.05) is 33.8 Å². The van der Waals surface area contributed by atoms with E-state index in [-0.39, 0.29) is 0 Å². The van der Waals surface area contributed by atoms with E-state index in [1.54, 1.807) is 11.3 Å². The van der Waals surface area contributed by atoms with Crippen molar-refractivity contribution in [2.24, 2.45) is 5.84 Å². The van der Waals surface area contributed by atoms with Gasteiger partial charge in [0.25, 0.3) is 0 Å². The van der Waals surface area contributed by atoms with Gasteiger partial charge in [0.1, 0.15) is 17.5 Å². The Hall–Kier alpha value is -1.18.